The van der Waals surface area contributed by atoms with E-state index in [2.05, 4.69) is 39.5 Å². The standard InChI is InChI=1S/C23H27N3O3/c1-15(27)25-18-11-19-8-9-20(12-18)26(19)13-16-4-6-17(7-5-16)22-14-28-21-3-2-10-24-23(21)29-22/h2-7,10,18-20,22H,8-9,11-14H2,1H3,(H,25,27)/t19-,20-,22-/m1/s1. The molecule has 2 bridgehead atoms. The van der Waals surface area contributed by atoms with Crippen LogP contribution in [0.2, 0.25) is 0 Å². The monoisotopic (exact) mass is 393 g/mol. The van der Waals surface area contributed by atoms with Gasteiger partial charge in [0.25, 0.3) is 5.88 Å². The molecule has 2 saturated heterocycles. The van der Waals surface area contributed by atoms with Crippen LogP contribution < -0.4 is 14.8 Å². The number of benzene rings is 1. The average Bonchev–Trinajstić information content (AvgIpc) is 2.95. The smallest absolute Gasteiger partial charge is 0.257 e. The molecule has 29 heavy (non-hydrogen) atoms. The van der Waals surface area contributed by atoms with Crippen molar-refractivity contribution in [1.29, 1.82) is 0 Å². The van der Waals surface area contributed by atoms with Gasteiger partial charge in [0.2, 0.25) is 5.91 Å². The van der Waals surface area contributed by atoms with E-state index in [4.69, 9.17) is 9.47 Å². The molecular weight excluding hydrogens is 366 g/mol. The summed E-state index contributed by atoms with van der Waals surface area (Å²) in [5.74, 6) is 1.36. The van der Waals surface area contributed by atoms with Gasteiger partial charge >= 0.3 is 0 Å². The lowest BCUT2D eigenvalue weighted by molar-refractivity contribution is -0.120. The number of carbonyl (C=O) groups excluding carboxylic acids is 1. The highest BCUT2D eigenvalue weighted by atomic mass is 16.6. The molecule has 6 heteroatoms. The molecule has 0 spiro atoms. The minimum absolute atomic E-state index is 0.0881. The second-order valence-corrected chi connectivity index (χ2v) is 8.39. The summed E-state index contributed by atoms with van der Waals surface area (Å²) in [5.41, 5.74) is 2.43. The van der Waals surface area contributed by atoms with Crippen molar-refractivity contribution < 1.29 is 14.3 Å². The van der Waals surface area contributed by atoms with Crippen LogP contribution >= 0.6 is 0 Å². The summed E-state index contributed by atoms with van der Waals surface area (Å²) in [6.07, 6.45) is 6.19. The number of amides is 1. The first-order chi connectivity index (χ1) is 14.2. The van der Waals surface area contributed by atoms with E-state index in [0.29, 0.717) is 36.4 Å². The Labute approximate surface area is 171 Å². The molecule has 3 aliphatic rings. The normalized spacial score (nSPS) is 28.2. The highest BCUT2D eigenvalue weighted by molar-refractivity contribution is 5.73. The average molecular weight is 393 g/mol. The molecule has 4 heterocycles. The summed E-state index contributed by atoms with van der Waals surface area (Å²) in [5, 5.41) is 3.12. The van der Waals surface area contributed by atoms with Gasteiger partial charge in [0, 0.05) is 37.8 Å². The molecule has 1 amide bonds. The number of nitrogens with zero attached hydrogens (tertiary/aromatic N) is 2. The number of hydrogen-bond acceptors (Lipinski definition) is 5. The first kappa shape index (κ1) is 18.4. The van der Waals surface area contributed by atoms with E-state index in [-0.39, 0.29) is 12.0 Å². The minimum Gasteiger partial charge on any atom is -0.484 e. The van der Waals surface area contributed by atoms with Crippen LogP contribution in [0.4, 0.5) is 0 Å². The van der Waals surface area contributed by atoms with Crippen molar-refractivity contribution in [2.45, 2.75) is 63.4 Å². The van der Waals surface area contributed by atoms with Gasteiger partial charge in [-0.1, -0.05) is 24.3 Å². The van der Waals surface area contributed by atoms with Crippen molar-refractivity contribution in [3.8, 4) is 11.6 Å². The molecule has 1 aromatic heterocycles. The molecule has 6 nitrogen and oxygen atoms in total. The Balaban J connectivity index is 1.22. The van der Waals surface area contributed by atoms with Crippen molar-refractivity contribution in [3.05, 3.63) is 53.7 Å². The second kappa shape index (κ2) is 7.67. The Morgan fingerprint density at radius 3 is 2.66 bits per heavy atom. The van der Waals surface area contributed by atoms with Crippen molar-refractivity contribution in [2.24, 2.45) is 0 Å². The second-order valence-electron chi connectivity index (χ2n) is 8.39. The van der Waals surface area contributed by atoms with Crippen LogP contribution in [0.25, 0.3) is 0 Å². The third kappa shape index (κ3) is 3.81. The maximum absolute atomic E-state index is 11.4. The Bertz CT molecular complexity index is 871. The molecule has 1 aromatic carbocycles. The van der Waals surface area contributed by atoms with E-state index in [1.165, 1.54) is 18.4 Å². The lowest BCUT2D eigenvalue weighted by atomic mass is 9.96. The van der Waals surface area contributed by atoms with Crippen LogP contribution in [0.15, 0.2) is 42.6 Å². The lowest BCUT2D eigenvalue weighted by Gasteiger charge is -2.39. The van der Waals surface area contributed by atoms with Crippen molar-refractivity contribution in [3.63, 3.8) is 0 Å². The first-order valence-corrected chi connectivity index (χ1v) is 10.5. The number of pyridine rings is 1. The molecule has 0 saturated carbocycles. The molecule has 5 rings (SSSR count). The van der Waals surface area contributed by atoms with Crippen LogP contribution in [0, 0.1) is 0 Å². The van der Waals surface area contributed by atoms with Crippen LogP contribution in [-0.2, 0) is 11.3 Å². The zero-order valence-electron chi connectivity index (χ0n) is 16.7. The van der Waals surface area contributed by atoms with Crippen molar-refractivity contribution in [2.75, 3.05) is 6.61 Å². The van der Waals surface area contributed by atoms with E-state index >= 15 is 0 Å². The minimum atomic E-state index is -0.129. The van der Waals surface area contributed by atoms with Gasteiger partial charge in [0.05, 0.1) is 0 Å². The molecule has 3 atom stereocenters. The zero-order chi connectivity index (χ0) is 19.8. The molecule has 0 radical (unpaired) electrons. The Kier molecular flexibility index (Phi) is 4.87. The fourth-order valence-corrected chi connectivity index (χ4v) is 5.06. The lowest BCUT2D eigenvalue weighted by Crippen LogP contribution is -2.49. The van der Waals surface area contributed by atoms with E-state index in [1.807, 2.05) is 12.1 Å². The molecule has 1 N–H and O–H groups in total. The Morgan fingerprint density at radius 2 is 1.93 bits per heavy atom. The maximum atomic E-state index is 11.4. The molecule has 152 valence electrons. The Morgan fingerprint density at radius 1 is 1.17 bits per heavy atom. The summed E-state index contributed by atoms with van der Waals surface area (Å²) in [6.45, 7) is 3.08. The fraction of sp³-hybridized carbons (Fsp3) is 0.478. The molecule has 3 aliphatic heterocycles. The molecule has 0 aliphatic carbocycles. The summed E-state index contributed by atoms with van der Waals surface area (Å²) in [4.78, 5) is 18.3. The van der Waals surface area contributed by atoms with Crippen LogP contribution in [0.1, 0.15) is 49.8 Å². The van der Waals surface area contributed by atoms with E-state index in [1.54, 1.807) is 13.1 Å². The fourth-order valence-electron chi connectivity index (χ4n) is 5.06. The number of fused-ring (bicyclic) bond motifs is 3. The summed E-state index contributed by atoms with van der Waals surface area (Å²) >= 11 is 0. The largest absolute Gasteiger partial charge is 0.484 e. The first-order valence-electron chi connectivity index (χ1n) is 10.5. The number of carbonyl (C=O) groups is 1. The quantitative estimate of drug-likeness (QED) is 0.864. The maximum Gasteiger partial charge on any atom is 0.257 e. The Hall–Kier alpha value is -2.60. The number of aromatic nitrogens is 1. The van der Waals surface area contributed by atoms with Gasteiger partial charge in [-0.05, 0) is 48.9 Å². The summed E-state index contributed by atoms with van der Waals surface area (Å²) < 4.78 is 11.8. The van der Waals surface area contributed by atoms with Gasteiger partial charge in [0.15, 0.2) is 11.9 Å². The van der Waals surface area contributed by atoms with Crippen LogP contribution in [0.5, 0.6) is 11.6 Å². The third-order valence-electron chi connectivity index (χ3n) is 6.39. The number of rotatable bonds is 4. The van der Waals surface area contributed by atoms with E-state index < -0.39 is 0 Å². The third-order valence-corrected chi connectivity index (χ3v) is 6.39. The number of nitrogens with one attached hydrogen (secondary N) is 1. The predicted molar refractivity (Wildman–Crippen MR) is 109 cm³/mol. The number of piperidine rings is 1. The van der Waals surface area contributed by atoms with Gasteiger partial charge in [-0.2, -0.15) is 0 Å². The van der Waals surface area contributed by atoms with Crippen molar-refractivity contribution >= 4 is 5.91 Å². The molecule has 2 aromatic rings. The van der Waals surface area contributed by atoms with Crippen LogP contribution in [0.3, 0.4) is 0 Å². The molecular formula is C23H27N3O3. The van der Waals surface area contributed by atoms with E-state index in [9.17, 15) is 4.79 Å². The summed E-state index contributed by atoms with van der Waals surface area (Å²) in [7, 11) is 0. The molecule has 0 unspecified atom stereocenters. The zero-order valence-corrected chi connectivity index (χ0v) is 16.7. The van der Waals surface area contributed by atoms with Gasteiger partial charge < -0.3 is 14.8 Å². The van der Waals surface area contributed by atoms with Gasteiger partial charge in [0.1, 0.15) is 6.61 Å². The SMILES string of the molecule is CC(=O)NC1C[C@H]2CC[C@H](C1)N2Cc1ccc([C@H]2COc3cccnc3O2)cc1. The van der Waals surface area contributed by atoms with Gasteiger partial charge in [-0.15, -0.1) is 0 Å². The van der Waals surface area contributed by atoms with Gasteiger partial charge in [-0.25, -0.2) is 4.98 Å². The van der Waals surface area contributed by atoms with Crippen molar-refractivity contribution in [1.82, 2.24) is 15.2 Å². The highest BCUT2D eigenvalue weighted by Crippen LogP contribution is 2.37. The van der Waals surface area contributed by atoms with Crippen LogP contribution in [-0.4, -0.2) is 40.5 Å². The summed E-state index contributed by atoms with van der Waals surface area (Å²) in [6, 6.07) is 13.9. The topological polar surface area (TPSA) is 63.7 Å². The van der Waals surface area contributed by atoms with E-state index in [0.717, 1.165) is 24.9 Å². The highest BCUT2D eigenvalue weighted by Gasteiger charge is 2.40. The molecule has 2 fully saturated rings. The number of ether oxygens (including phenoxy) is 2. The van der Waals surface area contributed by atoms with Gasteiger partial charge in [-0.3, -0.25) is 9.69 Å². The number of hydrogen-bond donors (Lipinski definition) is 1. The predicted octanol–water partition coefficient (Wildman–Crippen LogP) is 3.23.